The molecule has 1 amide bonds. The van der Waals surface area contributed by atoms with Crippen LogP contribution in [0.25, 0.3) is 0 Å². The van der Waals surface area contributed by atoms with Gasteiger partial charge in [-0.2, -0.15) is 0 Å². The van der Waals surface area contributed by atoms with E-state index >= 15 is 0 Å². The van der Waals surface area contributed by atoms with Crippen molar-refractivity contribution >= 4 is 5.91 Å². The van der Waals surface area contributed by atoms with Gasteiger partial charge in [0.1, 0.15) is 0 Å². The molecule has 1 aliphatic heterocycles. The number of carbonyl (C=O) groups is 1. The minimum Gasteiger partial charge on any atom is -0.454 e. The molecule has 0 spiro atoms. The van der Waals surface area contributed by atoms with Gasteiger partial charge in [-0.1, -0.05) is 48.5 Å². The molecule has 0 bridgehead atoms. The molecular formula is C24H22N2O3. The molecule has 2 aromatic carbocycles. The van der Waals surface area contributed by atoms with Gasteiger partial charge in [0.2, 0.25) is 12.7 Å². The van der Waals surface area contributed by atoms with E-state index in [-0.39, 0.29) is 18.6 Å². The minimum absolute atomic E-state index is 0.0306. The van der Waals surface area contributed by atoms with Gasteiger partial charge < -0.3 is 14.4 Å². The zero-order valence-corrected chi connectivity index (χ0v) is 16.0. The van der Waals surface area contributed by atoms with Crippen molar-refractivity contribution in [3.63, 3.8) is 0 Å². The van der Waals surface area contributed by atoms with Gasteiger partial charge in [0.25, 0.3) is 0 Å². The highest BCUT2D eigenvalue weighted by atomic mass is 16.7. The summed E-state index contributed by atoms with van der Waals surface area (Å²) in [5.41, 5.74) is 3.22. The van der Waals surface area contributed by atoms with Crippen LogP contribution in [-0.2, 0) is 17.9 Å². The Balaban J connectivity index is 1.39. The first-order chi connectivity index (χ1) is 14.3. The number of nitrogens with zero attached hydrogens (tertiary/aromatic N) is 2. The van der Waals surface area contributed by atoms with Crippen molar-refractivity contribution in [3.05, 3.63) is 89.7 Å². The van der Waals surface area contributed by atoms with Crippen LogP contribution >= 0.6 is 0 Å². The smallest absolute Gasteiger partial charge is 0.231 e. The Labute approximate surface area is 169 Å². The zero-order valence-electron chi connectivity index (χ0n) is 16.0. The van der Waals surface area contributed by atoms with Crippen LogP contribution in [0.1, 0.15) is 29.0 Å². The number of para-hydroxylation sites is 1. The number of hydrogen-bond donors (Lipinski definition) is 0. The van der Waals surface area contributed by atoms with Gasteiger partial charge in [0, 0.05) is 37.0 Å². The number of fused-ring (bicyclic) bond motifs is 1. The molecule has 1 fully saturated rings. The average Bonchev–Trinajstić information content (AvgIpc) is 3.42. The van der Waals surface area contributed by atoms with Crippen LogP contribution in [0.2, 0.25) is 0 Å². The first kappa shape index (κ1) is 17.7. The summed E-state index contributed by atoms with van der Waals surface area (Å²) in [6.45, 7) is 1.23. The molecule has 0 unspecified atom stereocenters. The molecular weight excluding hydrogens is 364 g/mol. The fourth-order valence-corrected chi connectivity index (χ4v) is 4.02. The van der Waals surface area contributed by atoms with E-state index in [1.165, 1.54) is 5.56 Å². The monoisotopic (exact) mass is 386 g/mol. The highest BCUT2D eigenvalue weighted by Gasteiger charge is 2.45. The van der Waals surface area contributed by atoms with Gasteiger partial charge >= 0.3 is 0 Å². The molecule has 5 heteroatoms. The molecule has 0 N–H and O–H groups in total. The van der Waals surface area contributed by atoms with E-state index in [0.717, 1.165) is 29.0 Å². The van der Waals surface area contributed by atoms with Crippen LogP contribution in [0.3, 0.4) is 0 Å². The molecule has 146 valence electrons. The van der Waals surface area contributed by atoms with Crippen molar-refractivity contribution in [2.75, 3.05) is 6.79 Å². The fraction of sp³-hybridized carbons (Fsp3) is 0.250. The summed E-state index contributed by atoms with van der Waals surface area (Å²) in [4.78, 5) is 19.6. The van der Waals surface area contributed by atoms with E-state index in [2.05, 4.69) is 17.1 Å². The number of amides is 1. The van der Waals surface area contributed by atoms with Gasteiger partial charge in [-0.3, -0.25) is 9.78 Å². The Morgan fingerprint density at radius 2 is 1.90 bits per heavy atom. The summed E-state index contributed by atoms with van der Waals surface area (Å²) in [6.07, 6.45) is 4.47. The fourth-order valence-electron chi connectivity index (χ4n) is 4.02. The number of pyridine rings is 1. The molecule has 3 aromatic rings. The zero-order chi connectivity index (χ0) is 19.6. The van der Waals surface area contributed by atoms with Gasteiger partial charge in [-0.15, -0.1) is 0 Å². The molecule has 1 saturated carbocycles. The number of aromatic nitrogens is 1. The number of benzene rings is 2. The summed E-state index contributed by atoms with van der Waals surface area (Å²) in [7, 11) is 0. The third-order valence-electron chi connectivity index (χ3n) is 5.58. The molecule has 29 heavy (non-hydrogen) atoms. The predicted molar refractivity (Wildman–Crippen MR) is 108 cm³/mol. The van der Waals surface area contributed by atoms with E-state index in [4.69, 9.17) is 9.47 Å². The third-order valence-corrected chi connectivity index (χ3v) is 5.58. The van der Waals surface area contributed by atoms with Gasteiger partial charge in [-0.05, 0) is 35.6 Å². The van der Waals surface area contributed by atoms with E-state index in [1.807, 2.05) is 59.6 Å². The second-order valence-electron chi connectivity index (χ2n) is 7.57. The maximum atomic E-state index is 13.4. The highest BCUT2D eigenvalue weighted by Crippen LogP contribution is 2.49. The molecule has 2 atom stereocenters. The quantitative estimate of drug-likeness (QED) is 0.639. The lowest BCUT2D eigenvalue weighted by Gasteiger charge is -2.24. The van der Waals surface area contributed by atoms with Crippen molar-refractivity contribution in [2.45, 2.75) is 25.4 Å². The van der Waals surface area contributed by atoms with Crippen LogP contribution in [-0.4, -0.2) is 22.6 Å². The molecule has 1 aromatic heterocycles. The Morgan fingerprint density at radius 3 is 2.72 bits per heavy atom. The van der Waals surface area contributed by atoms with Crippen LogP contribution < -0.4 is 9.47 Å². The van der Waals surface area contributed by atoms with Crippen molar-refractivity contribution in [1.82, 2.24) is 9.88 Å². The molecule has 0 saturated heterocycles. The Kier molecular flexibility index (Phi) is 4.64. The van der Waals surface area contributed by atoms with Gasteiger partial charge in [-0.25, -0.2) is 0 Å². The summed E-state index contributed by atoms with van der Waals surface area (Å²) < 4.78 is 11.2. The average molecular weight is 386 g/mol. The van der Waals surface area contributed by atoms with Gasteiger partial charge in [0.05, 0.1) is 0 Å². The summed E-state index contributed by atoms with van der Waals surface area (Å²) in [6, 6.07) is 20.0. The molecule has 5 rings (SSSR count). The second-order valence-corrected chi connectivity index (χ2v) is 7.57. The highest BCUT2D eigenvalue weighted by molar-refractivity contribution is 5.83. The van der Waals surface area contributed by atoms with Crippen molar-refractivity contribution in [1.29, 1.82) is 0 Å². The molecule has 5 nitrogen and oxygen atoms in total. The van der Waals surface area contributed by atoms with E-state index in [1.54, 1.807) is 6.20 Å². The van der Waals surface area contributed by atoms with Gasteiger partial charge in [0.15, 0.2) is 11.5 Å². The van der Waals surface area contributed by atoms with Crippen LogP contribution in [0.4, 0.5) is 0 Å². The third kappa shape index (κ3) is 3.68. The SMILES string of the molecule is O=C([C@@H]1C[C@H]1c1ccccc1)N(Cc1cccnc1)Cc1cccc2c1OCO2. The minimum atomic E-state index is 0.0306. The summed E-state index contributed by atoms with van der Waals surface area (Å²) in [5.74, 6) is 2.00. The van der Waals surface area contributed by atoms with E-state index < -0.39 is 0 Å². The number of carbonyl (C=O) groups excluding carboxylic acids is 1. The Bertz CT molecular complexity index is 1010. The number of rotatable bonds is 6. The summed E-state index contributed by atoms with van der Waals surface area (Å²) >= 11 is 0. The van der Waals surface area contributed by atoms with Crippen molar-refractivity contribution in [2.24, 2.45) is 5.92 Å². The Hall–Kier alpha value is -3.34. The lowest BCUT2D eigenvalue weighted by Crippen LogP contribution is -2.32. The lowest BCUT2D eigenvalue weighted by molar-refractivity contribution is -0.134. The maximum absolute atomic E-state index is 13.4. The van der Waals surface area contributed by atoms with E-state index in [9.17, 15) is 4.79 Å². The number of hydrogen-bond acceptors (Lipinski definition) is 4. The van der Waals surface area contributed by atoms with Crippen molar-refractivity contribution < 1.29 is 14.3 Å². The standard InChI is InChI=1S/C24H22N2O3/c27-24(21-12-20(21)18-7-2-1-3-8-18)26(14-17-6-5-11-25-13-17)15-19-9-4-10-22-23(19)29-16-28-22/h1-11,13,20-21H,12,14-16H2/t20-,21+/m0/s1. The number of ether oxygens (including phenoxy) is 2. The Morgan fingerprint density at radius 1 is 1.00 bits per heavy atom. The molecule has 2 heterocycles. The maximum Gasteiger partial charge on any atom is 0.231 e. The van der Waals surface area contributed by atoms with E-state index in [0.29, 0.717) is 19.0 Å². The van der Waals surface area contributed by atoms with Crippen molar-refractivity contribution in [3.8, 4) is 11.5 Å². The normalized spacial score (nSPS) is 19.0. The topological polar surface area (TPSA) is 51.7 Å². The first-order valence-electron chi connectivity index (χ1n) is 9.90. The van der Waals surface area contributed by atoms with Crippen LogP contribution in [0, 0.1) is 5.92 Å². The first-order valence-corrected chi connectivity index (χ1v) is 9.90. The predicted octanol–water partition coefficient (Wildman–Crippen LogP) is 4.14. The summed E-state index contributed by atoms with van der Waals surface area (Å²) in [5, 5.41) is 0. The second kappa shape index (κ2) is 7.59. The largest absolute Gasteiger partial charge is 0.454 e. The lowest BCUT2D eigenvalue weighted by atomic mass is 10.1. The van der Waals surface area contributed by atoms with Crippen LogP contribution in [0.15, 0.2) is 73.1 Å². The molecule has 1 aliphatic carbocycles. The van der Waals surface area contributed by atoms with Crippen LogP contribution in [0.5, 0.6) is 11.5 Å². The molecule has 0 radical (unpaired) electrons. The molecule has 2 aliphatic rings.